The molecule has 0 spiro atoms. The Hall–Kier alpha value is -2.30. The summed E-state index contributed by atoms with van der Waals surface area (Å²) in [5, 5.41) is 7.37. The van der Waals surface area contributed by atoms with Crippen LogP contribution < -0.4 is 10.1 Å². The average Bonchev–Trinajstić information content (AvgIpc) is 2.84. The van der Waals surface area contributed by atoms with Gasteiger partial charge in [-0.3, -0.25) is 9.48 Å². The van der Waals surface area contributed by atoms with E-state index in [1.807, 2.05) is 45.2 Å². The maximum Gasteiger partial charge on any atom is 0.272 e. The number of carbonyl (C=O) groups excluding carboxylic acids is 1. The molecule has 1 amide bonds. The van der Waals surface area contributed by atoms with Crippen molar-refractivity contribution in [3.05, 3.63) is 35.5 Å². The van der Waals surface area contributed by atoms with Gasteiger partial charge in [0, 0.05) is 24.2 Å². The summed E-state index contributed by atoms with van der Waals surface area (Å²) in [6.45, 7) is 4.40. The second-order valence-corrected chi connectivity index (χ2v) is 5.37. The molecule has 5 heteroatoms. The number of ether oxygens (including phenoxy) is 1. The van der Waals surface area contributed by atoms with E-state index in [2.05, 4.69) is 10.4 Å². The van der Waals surface area contributed by atoms with Crippen molar-refractivity contribution in [3.63, 3.8) is 0 Å². The molecule has 21 heavy (non-hydrogen) atoms. The van der Waals surface area contributed by atoms with Gasteiger partial charge in [0.2, 0.25) is 0 Å². The van der Waals surface area contributed by atoms with Gasteiger partial charge in [-0.2, -0.15) is 5.10 Å². The fourth-order valence-electron chi connectivity index (χ4n) is 2.56. The minimum atomic E-state index is -0.135. The molecule has 0 fully saturated rings. The highest BCUT2D eigenvalue weighted by atomic mass is 16.5. The van der Waals surface area contributed by atoms with Gasteiger partial charge in [0.25, 0.3) is 5.91 Å². The first-order valence-corrected chi connectivity index (χ1v) is 7.20. The molecular formula is C16H19N3O2. The number of rotatable bonds is 3. The van der Waals surface area contributed by atoms with Gasteiger partial charge in [-0.05, 0) is 25.5 Å². The van der Waals surface area contributed by atoms with Crippen LogP contribution in [0.4, 0.5) is 0 Å². The number of benzene rings is 1. The third-order valence-corrected chi connectivity index (χ3v) is 3.86. The summed E-state index contributed by atoms with van der Waals surface area (Å²) < 4.78 is 7.52. The third-order valence-electron chi connectivity index (χ3n) is 3.86. The first kappa shape index (κ1) is 13.7. The summed E-state index contributed by atoms with van der Waals surface area (Å²) in [5.41, 5.74) is 3.27. The fourth-order valence-corrected chi connectivity index (χ4v) is 2.56. The van der Waals surface area contributed by atoms with E-state index in [0.717, 1.165) is 29.0 Å². The molecule has 110 valence electrons. The number of carbonyl (C=O) groups is 1. The van der Waals surface area contributed by atoms with Crippen LogP contribution in [0, 0.1) is 0 Å². The van der Waals surface area contributed by atoms with Crippen molar-refractivity contribution < 1.29 is 9.53 Å². The van der Waals surface area contributed by atoms with Crippen molar-refractivity contribution in [2.24, 2.45) is 7.05 Å². The van der Waals surface area contributed by atoms with Crippen LogP contribution in [-0.4, -0.2) is 21.7 Å². The molecule has 1 aromatic heterocycles. The van der Waals surface area contributed by atoms with E-state index < -0.39 is 0 Å². The molecule has 1 unspecified atom stereocenters. The predicted molar refractivity (Wildman–Crippen MR) is 80.2 cm³/mol. The zero-order valence-electron chi connectivity index (χ0n) is 12.5. The van der Waals surface area contributed by atoms with E-state index in [1.54, 1.807) is 4.68 Å². The van der Waals surface area contributed by atoms with E-state index in [1.165, 1.54) is 0 Å². The van der Waals surface area contributed by atoms with Crippen LogP contribution in [0.5, 0.6) is 5.75 Å². The lowest BCUT2D eigenvalue weighted by atomic mass is 10.0. The summed E-state index contributed by atoms with van der Waals surface area (Å²) in [5.74, 6) is 0.700. The number of hydrogen-bond acceptors (Lipinski definition) is 3. The monoisotopic (exact) mass is 285 g/mol. The van der Waals surface area contributed by atoms with Crippen LogP contribution in [0.15, 0.2) is 24.3 Å². The molecule has 0 aliphatic carbocycles. The molecule has 2 aromatic rings. The van der Waals surface area contributed by atoms with Gasteiger partial charge < -0.3 is 10.1 Å². The Labute approximate surface area is 123 Å². The standard InChI is InChI=1S/C16H19N3O2/c1-4-10(2)17-16(20)14-12-9-21-13-8-6-5-7-11(13)15(12)19(3)18-14/h5-8,10H,4,9H2,1-3H3,(H,17,20). The summed E-state index contributed by atoms with van der Waals surface area (Å²) in [7, 11) is 1.86. The molecule has 0 bridgehead atoms. The normalized spacial score (nSPS) is 13.9. The highest BCUT2D eigenvalue weighted by Crippen LogP contribution is 2.38. The molecule has 2 heterocycles. The zero-order valence-corrected chi connectivity index (χ0v) is 12.5. The number of amides is 1. The van der Waals surface area contributed by atoms with Gasteiger partial charge in [-0.15, -0.1) is 0 Å². The molecule has 5 nitrogen and oxygen atoms in total. The van der Waals surface area contributed by atoms with Gasteiger partial charge in [0.1, 0.15) is 12.4 Å². The van der Waals surface area contributed by atoms with Gasteiger partial charge in [-0.1, -0.05) is 19.1 Å². The lowest BCUT2D eigenvalue weighted by Crippen LogP contribution is -2.33. The predicted octanol–water partition coefficient (Wildman–Crippen LogP) is 2.51. The minimum Gasteiger partial charge on any atom is -0.488 e. The number of nitrogens with zero attached hydrogens (tertiary/aromatic N) is 2. The first-order chi connectivity index (χ1) is 10.1. The Morgan fingerprint density at radius 3 is 3.00 bits per heavy atom. The second-order valence-electron chi connectivity index (χ2n) is 5.37. The van der Waals surface area contributed by atoms with Gasteiger partial charge in [0.05, 0.1) is 5.69 Å². The van der Waals surface area contributed by atoms with Gasteiger partial charge >= 0.3 is 0 Å². The van der Waals surface area contributed by atoms with E-state index in [0.29, 0.717) is 12.3 Å². The number of nitrogens with one attached hydrogen (secondary N) is 1. The molecule has 1 aromatic carbocycles. The minimum absolute atomic E-state index is 0.131. The fraction of sp³-hybridized carbons (Fsp3) is 0.375. The van der Waals surface area contributed by atoms with Crippen LogP contribution in [-0.2, 0) is 13.7 Å². The molecule has 1 atom stereocenters. The first-order valence-electron chi connectivity index (χ1n) is 7.20. The average molecular weight is 285 g/mol. The van der Waals surface area contributed by atoms with Crippen LogP contribution in [0.25, 0.3) is 11.3 Å². The number of fused-ring (bicyclic) bond motifs is 3. The number of hydrogen-bond donors (Lipinski definition) is 1. The highest BCUT2D eigenvalue weighted by molar-refractivity contribution is 5.96. The third kappa shape index (κ3) is 2.28. The second kappa shape index (κ2) is 5.24. The Morgan fingerprint density at radius 2 is 2.24 bits per heavy atom. The lowest BCUT2D eigenvalue weighted by molar-refractivity contribution is 0.0931. The van der Waals surface area contributed by atoms with E-state index in [4.69, 9.17) is 4.74 Å². The molecule has 0 radical (unpaired) electrons. The van der Waals surface area contributed by atoms with Crippen LogP contribution >= 0.6 is 0 Å². The van der Waals surface area contributed by atoms with Crippen molar-refractivity contribution >= 4 is 5.91 Å². The van der Waals surface area contributed by atoms with E-state index in [-0.39, 0.29) is 11.9 Å². The van der Waals surface area contributed by atoms with Crippen molar-refractivity contribution in [1.82, 2.24) is 15.1 Å². The van der Waals surface area contributed by atoms with E-state index >= 15 is 0 Å². The molecule has 0 saturated heterocycles. The smallest absolute Gasteiger partial charge is 0.272 e. The van der Waals surface area contributed by atoms with Crippen molar-refractivity contribution in [2.75, 3.05) is 0 Å². The van der Waals surface area contributed by atoms with Crippen molar-refractivity contribution in [2.45, 2.75) is 32.9 Å². The van der Waals surface area contributed by atoms with Crippen LogP contribution in [0.1, 0.15) is 36.3 Å². The Balaban J connectivity index is 2.03. The highest BCUT2D eigenvalue weighted by Gasteiger charge is 2.28. The summed E-state index contributed by atoms with van der Waals surface area (Å²) in [4.78, 5) is 12.4. The Morgan fingerprint density at radius 1 is 1.48 bits per heavy atom. The zero-order chi connectivity index (χ0) is 15.0. The van der Waals surface area contributed by atoms with Crippen molar-refractivity contribution in [3.8, 4) is 17.0 Å². The van der Waals surface area contributed by atoms with E-state index in [9.17, 15) is 4.79 Å². The maximum absolute atomic E-state index is 12.4. The summed E-state index contributed by atoms with van der Waals surface area (Å²) in [6, 6.07) is 7.96. The molecule has 0 saturated carbocycles. The van der Waals surface area contributed by atoms with Gasteiger partial charge in [0.15, 0.2) is 5.69 Å². The Kier molecular flexibility index (Phi) is 3.41. The quantitative estimate of drug-likeness (QED) is 0.942. The molecular weight excluding hydrogens is 266 g/mol. The molecule has 1 aliphatic rings. The lowest BCUT2D eigenvalue weighted by Gasteiger charge is -2.18. The SMILES string of the molecule is CCC(C)NC(=O)c1nn(C)c2c1COc1ccccc1-2. The molecule has 1 aliphatic heterocycles. The summed E-state index contributed by atoms with van der Waals surface area (Å²) >= 11 is 0. The topological polar surface area (TPSA) is 56.2 Å². The number of aromatic nitrogens is 2. The number of aryl methyl sites for hydroxylation is 1. The van der Waals surface area contributed by atoms with Gasteiger partial charge in [-0.25, -0.2) is 0 Å². The molecule has 3 rings (SSSR count). The largest absolute Gasteiger partial charge is 0.488 e. The summed E-state index contributed by atoms with van der Waals surface area (Å²) in [6.07, 6.45) is 0.889. The van der Waals surface area contributed by atoms with Crippen LogP contribution in [0.2, 0.25) is 0 Å². The Bertz CT molecular complexity index is 691. The maximum atomic E-state index is 12.4. The van der Waals surface area contributed by atoms with Crippen molar-refractivity contribution in [1.29, 1.82) is 0 Å². The number of para-hydroxylation sites is 1. The molecule has 1 N–H and O–H groups in total. The van der Waals surface area contributed by atoms with Crippen LogP contribution in [0.3, 0.4) is 0 Å².